The minimum Gasteiger partial charge on any atom is -0.291 e. The van der Waals surface area contributed by atoms with Gasteiger partial charge in [0.05, 0.1) is 15.1 Å². The smallest absolute Gasteiger partial charge is 0.264 e. The Morgan fingerprint density at radius 2 is 1.70 bits per heavy atom. The second-order valence-corrected chi connectivity index (χ2v) is 11.6. The second-order valence-electron chi connectivity index (χ2n) is 6.10. The lowest BCUT2D eigenvalue weighted by Gasteiger charge is -2.26. The monoisotopic (exact) mass is 314 g/mol. The first kappa shape index (κ1) is 17.1. The summed E-state index contributed by atoms with van der Waals surface area (Å²) in [5.74, 6) is -0.327. The first-order valence-corrected chi connectivity index (χ1v) is 10.6. The number of rotatable bonds is 5. The molecule has 0 fully saturated rings. The molecule has 0 amide bonds. The minimum absolute atomic E-state index is 0.283. The molecule has 0 aliphatic carbocycles. The summed E-state index contributed by atoms with van der Waals surface area (Å²) in [5, 5.41) is 1.57. The van der Waals surface area contributed by atoms with Crippen LogP contribution in [0.25, 0.3) is 0 Å². The third kappa shape index (κ3) is 5.18. The summed E-state index contributed by atoms with van der Waals surface area (Å²) in [6.07, 6.45) is 0.931. The fourth-order valence-corrected chi connectivity index (χ4v) is 3.79. The number of Topliss-reactive ketones (excluding diaryl/α,β-unsaturated/α-hetero) is 1. The number of hydrogen-bond acceptors (Lipinski definition) is 4. The average Bonchev–Trinajstić information content (AvgIpc) is 2.33. The van der Waals surface area contributed by atoms with Gasteiger partial charge in [0.1, 0.15) is 6.61 Å². The van der Waals surface area contributed by atoms with Gasteiger partial charge in [-0.1, -0.05) is 56.8 Å². The Bertz CT molecular complexity index is 570. The fraction of sp³-hybridized carbons (Fsp3) is 0.500. The van der Waals surface area contributed by atoms with E-state index in [2.05, 4.69) is 31.5 Å². The molecule has 0 aromatic heterocycles. The molecular weight excluding hydrogens is 292 g/mol. The molecule has 1 aromatic carbocycles. The van der Waals surface area contributed by atoms with Gasteiger partial charge in [-0.25, -0.2) is 0 Å². The van der Waals surface area contributed by atoms with Crippen LogP contribution in [-0.2, 0) is 14.3 Å². The van der Waals surface area contributed by atoms with Gasteiger partial charge in [0.15, 0.2) is 5.78 Å². The molecular formula is C14H22O4SSi. The van der Waals surface area contributed by atoms with E-state index in [1.807, 2.05) is 12.1 Å². The van der Waals surface area contributed by atoms with E-state index < -0.39 is 25.5 Å². The SMILES string of the molecule is C[SiH](c1ccc(C(=O)COS(C)(=O)=O)cc1)C(C)(C)C. The molecule has 1 rings (SSSR count). The van der Waals surface area contributed by atoms with Gasteiger partial charge in [0, 0.05) is 5.56 Å². The van der Waals surface area contributed by atoms with E-state index in [-0.39, 0.29) is 10.8 Å². The molecule has 1 atom stereocenters. The highest BCUT2D eigenvalue weighted by Crippen LogP contribution is 2.26. The average molecular weight is 314 g/mol. The van der Waals surface area contributed by atoms with Gasteiger partial charge in [0.25, 0.3) is 10.1 Å². The molecule has 6 heteroatoms. The largest absolute Gasteiger partial charge is 0.291 e. The lowest BCUT2D eigenvalue weighted by molar-refractivity contribution is 0.0925. The highest BCUT2D eigenvalue weighted by atomic mass is 32.2. The van der Waals surface area contributed by atoms with Crippen molar-refractivity contribution in [3.63, 3.8) is 0 Å². The summed E-state index contributed by atoms with van der Waals surface area (Å²) in [5.41, 5.74) is 0.479. The molecule has 4 nitrogen and oxygen atoms in total. The molecule has 0 heterocycles. The molecule has 0 N–H and O–H groups in total. The maximum atomic E-state index is 11.8. The van der Waals surface area contributed by atoms with Crippen LogP contribution in [0.15, 0.2) is 24.3 Å². The van der Waals surface area contributed by atoms with E-state index in [0.717, 1.165) is 6.26 Å². The molecule has 0 saturated heterocycles. The molecule has 0 bridgehead atoms. The van der Waals surface area contributed by atoms with Crippen LogP contribution in [0.1, 0.15) is 31.1 Å². The molecule has 0 aliphatic rings. The van der Waals surface area contributed by atoms with Gasteiger partial charge in [-0.05, 0) is 5.04 Å². The van der Waals surface area contributed by atoms with Crippen molar-refractivity contribution < 1.29 is 17.4 Å². The fourth-order valence-electron chi connectivity index (χ4n) is 1.70. The Kier molecular flexibility index (Phi) is 5.29. The van der Waals surface area contributed by atoms with Gasteiger partial charge in [0.2, 0.25) is 0 Å². The van der Waals surface area contributed by atoms with Crippen LogP contribution < -0.4 is 5.19 Å². The van der Waals surface area contributed by atoms with Gasteiger partial charge >= 0.3 is 0 Å². The van der Waals surface area contributed by atoms with Crippen LogP contribution in [0.3, 0.4) is 0 Å². The zero-order chi connectivity index (χ0) is 15.6. The molecule has 1 unspecified atom stereocenters. The van der Waals surface area contributed by atoms with Gasteiger partial charge in [-0.3, -0.25) is 8.98 Å². The first-order valence-electron chi connectivity index (χ1n) is 6.48. The Morgan fingerprint density at radius 1 is 1.20 bits per heavy atom. The summed E-state index contributed by atoms with van der Waals surface area (Å²) >= 11 is 0. The van der Waals surface area contributed by atoms with Crippen molar-refractivity contribution >= 4 is 29.9 Å². The first-order chi connectivity index (χ1) is 9.00. The zero-order valence-electron chi connectivity index (χ0n) is 12.6. The lowest BCUT2D eigenvalue weighted by atomic mass is 10.1. The molecule has 0 aliphatic heterocycles. The molecule has 0 radical (unpaired) electrons. The van der Waals surface area contributed by atoms with Crippen molar-refractivity contribution in [2.24, 2.45) is 0 Å². The third-order valence-electron chi connectivity index (χ3n) is 3.44. The van der Waals surface area contributed by atoms with E-state index >= 15 is 0 Å². The predicted molar refractivity (Wildman–Crippen MR) is 83.9 cm³/mol. The van der Waals surface area contributed by atoms with Gasteiger partial charge in [-0.15, -0.1) is 0 Å². The van der Waals surface area contributed by atoms with E-state index in [1.165, 1.54) is 5.19 Å². The van der Waals surface area contributed by atoms with Crippen LogP contribution in [0, 0.1) is 0 Å². The van der Waals surface area contributed by atoms with E-state index in [4.69, 9.17) is 0 Å². The predicted octanol–water partition coefficient (Wildman–Crippen LogP) is 1.71. The second kappa shape index (κ2) is 6.20. The van der Waals surface area contributed by atoms with Crippen molar-refractivity contribution in [1.29, 1.82) is 0 Å². The summed E-state index contributed by atoms with van der Waals surface area (Å²) in [7, 11) is -4.66. The zero-order valence-corrected chi connectivity index (χ0v) is 14.6. The van der Waals surface area contributed by atoms with Crippen molar-refractivity contribution in [3.05, 3.63) is 29.8 Å². The molecule has 20 heavy (non-hydrogen) atoms. The van der Waals surface area contributed by atoms with Crippen LogP contribution in [0.5, 0.6) is 0 Å². The van der Waals surface area contributed by atoms with Crippen LogP contribution in [-0.4, -0.2) is 35.9 Å². The third-order valence-corrected chi connectivity index (χ3v) is 7.96. The van der Waals surface area contributed by atoms with E-state index in [9.17, 15) is 13.2 Å². The minimum atomic E-state index is -3.58. The highest BCUT2D eigenvalue weighted by molar-refractivity contribution is 7.86. The standard InChI is InChI=1S/C14H22O4SSi/c1-14(2,3)20(5)12-8-6-11(7-9-12)13(15)10-18-19(4,16)17/h6-9,20H,10H2,1-5H3. The topological polar surface area (TPSA) is 60.4 Å². The number of carbonyl (C=O) groups excluding carboxylic acids is 1. The van der Waals surface area contributed by atoms with Gasteiger partial charge in [-0.2, -0.15) is 8.42 Å². The Morgan fingerprint density at radius 3 is 2.10 bits per heavy atom. The van der Waals surface area contributed by atoms with Crippen LogP contribution in [0.2, 0.25) is 11.6 Å². The molecule has 1 aromatic rings. The maximum absolute atomic E-state index is 11.8. The normalized spacial score (nSPS) is 14.1. The molecule has 0 spiro atoms. The van der Waals surface area contributed by atoms with E-state index in [0.29, 0.717) is 5.56 Å². The molecule has 0 saturated carbocycles. The maximum Gasteiger partial charge on any atom is 0.264 e. The number of hydrogen-bond donors (Lipinski definition) is 0. The number of carbonyl (C=O) groups is 1. The summed E-state index contributed by atoms with van der Waals surface area (Å²) < 4.78 is 26.2. The Balaban J connectivity index is 2.79. The highest BCUT2D eigenvalue weighted by Gasteiger charge is 2.23. The summed E-state index contributed by atoms with van der Waals surface area (Å²) in [6, 6.07) is 7.43. The number of benzene rings is 1. The summed E-state index contributed by atoms with van der Waals surface area (Å²) in [4.78, 5) is 11.8. The van der Waals surface area contributed by atoms with Gasteiger partial charge < -0.3 is 0 Å². The number of ketones is 1. The molecule has 112 valence electrons. The quantitative estimate of drug-likeness (QED) is 0.471. The van der Waals surface area contributed by atoms with Crippen molar-refractivity contribution in [2.45, 2.75) is 32.4 Å². The van der Waals surface area contributed by atoms with Crippen molar-refractivity contribution in [1.82, 2.24) is 0 Å². The van der Waals surface area contributed by atoms with E-state index in [1.54, 1.807) is 12.1 Å². The van der Waals surface area contributed by atoms with Crippen molar-refractivity contribution in [3.8, 4) is 0 Å². The Labute approximate surface area is 122 Å². The van der Waals surface area contributed by atoms with Crippen molar-refractivity contribution in [2.75, 3.05) is 12.9 Å². The van der Waals surface area contributed by atoms with Crippen LogP contribution in [0.4, 0.5) is 0 Å². The lowest BCUT2D eigenvalue weighted by Crippen LogP contribution is -2.35. The van der Waals surface area contributed by atoms with Crippen LogP contribution >= 0.6 is 0 Å². The Hall–Kier alpha value is -0.983. The summed E-state index contributed by atoms with van der Waals surface area (Å²) in [6.45, 7) is 8.52.